The van der Waals surface area contributed by atoms with Crippen LogP contribution in [0, 0.1) is 0 Å². The van der Waals surface area contributed by atoms with E-state index in [1.807, 2.05) is 35.0 Å². The van der Waals surface area contributed by atoms with Crippen molar-refractivity contribution >= 4 is 29.1 Å². The lowest BCUT2D eigenvalue weighted by molar-refractivity contribution is -0.120. The fourth-order valence-corrected chi connectivity index (χ4v) is 2.58. The standard InChI is InChI=1S/C18H17ClN4O2/c19-14-5-3-4-13(10-14)18(25)21-11-17(24)20-8-7-15-12-23-9-2-1-6-16(23)22-15/h1-6,9-10,12H,7-8,11H2,(H,20,24)(H,21,25). The highest BCUT2D eigenvalue weighted by atomic mass is 35.5. The molecule has 0 aliphatic carbocycles. The molecule has 2 N–H and O–H groups in total. The Morgan fingerprint density at radius 3 is 2.80 bits per heavy atom. The number of halogens is 1. The molecule has 6 nitrogen and oxygen atoms in total. The Morgan fingerprint density at radius 1 is 1.12 bits per heavy atom. The fraction of sp³-hybridized carbons (Fsp3) is 0.167. The van der Waals surface area contributed by atoms with Gasteiger partial charge in [0.05, 0.1) is 12.2 Å². The lowest BCUT2D eigenvalue weighted by atomic mass is 10.2. The van der Waals surface area contributed by atoms with Crippen LogP contribution in [0.5, 0.6) is 0 Å². The molecule has 3 aromatic rings. The zero-order valence-corrected chi connectivity index (χ0v) is 14.2. The Kier molecular flexibility index (Phi) is 5.30. The summed E-state index contributed by atoms with van der Waals surface area (Å²) in [7, 11) is 0. The predicted octanol–water partition coefficient (Wildman–Crippen LogP) is 2.08. The third kappa shape index (κ3) is 4.58. The molecule has 0 radical (unpaired) electrons. The Balaban J connectivity index is 1.42. The van der Waals surface area contributed by atoms with Gasteiger partial charge in [-0.05, 0) is 30.3 Å². The largest absolute Gasteiger partial charge is 0.354 e. The molecule has 0 atom stereocenters. The van der Waals surface area contributed by atoms with E-state index >= 15 is 0 Å². The lowest BCUT2D eigenvalue weighted by Crippen LogP contribution is -2.37. The molecule has 0 unspecified atom stereocenters. The smallest absolute Gasteiger partial charge is 0.251 e. The first-order valence-electron chi connectivity index (χ1n) is 7.85. The van der Waals surface area contributed by atoms with E-state index in [0.29, 0.717) is 23.6 Å². The number of hydrogen-bond donors (Lipinski definition) is 2. The maximum Gasteiger partial charge on any atom is 0.251 e. The summed E-state index contributed by atoms with van der Waals surface area (Å²) in [6, 6.07) is 12.4. The van der Waals surface area contributed by atoms with Crippen molar-refractivity contribution in [3.8, 4) is 0 Å². The van der Waals surface area contributed by atoms with Crippen LogP contribution in [0.2, 0.25) is 5.02 Å². The molecule has 128 valence electrons. The molecule has 25 heavy (non-hydrogen) atoms. The molecule has 2 amide bonds. The second-order valence-corrected chi connectivity index (χ2v) is 5.93. The predicted molar refractivity (Wildman–Crippen MR) is 95.7 cm³/mol. The first-order chi connectivity index (χ1) is 12.1. The molecule has 2 aromatic heterocycles. The molecule has 2 heterocycles. The molecule has 0 saturated heterocycles. The number of aromatic nitrogens is 2. The summed E-state index contributed by atoms with van der Waals surface area (Å²) in [6.07, 6.45) is 4.48. The van der Waals surface area contributed by atoms with Crippen LogP contribution in [0.4, 0.5) is 0 Å². The summed E-state index contributed by atoms with van der Waals surface area (Å²) in [6.45, 7) is 0.367. The van der Waals surface area contributed by atoms with Gasteiger partial charge in [-0.2, -0.15) is 0 Å². The topological polar surface area (TPSA) is 75.5 Å². The van der Waals surface area contributed by atoms with Gasteiger partial charge in [-0.15, -0.1) is 0 Å². The van der Waals surface area contributed by atoms with Gasteiger partial charge in [0.2, 0.25) is 5.91 Å². The van der Waals surface area contributed by atoms with Gasteiger partial charge in [-0.25, -0.2) is 4.98 Å². The lowest BCUT2D eigenvalue weighted by Gasteiger charge is -2.06. The van der Waals surface area contributed by atoms with E-state index in [1.165, 1.54) is 0 Å². The monoisotopic (exact) mass is 356 g/mol. The number of carbonyl (C=O) groups is 2. The van der Waals surface area contributed by atoms with Crippen molar-refractivity contribution in [1.29, 1.82) is 0 Å². The van der Waals surface area contributed by atoms with E-state index < -0.39 is 0 Å². The van der Waals surface area contributed by atoms with E-state index in [0.717, 1.165) is 11.3 Å². The highest BCUT2D eigenvalue weighted by Crippen LogP contribution is 2.10. The first-order valence-corrected chi connectivity index (χ1v) is 8.23. The Hall–Kier alpha value is -2.86. The Morgan fingerprint density at radius 2 is 2.00 bits per heavy atom. The summed E-state index contributed by atoms with van der Waals surface area (Å²) < 4.78 is 1.93. The van der Waals surface area contributed by atoms with Gasteiger partial charge in [0.15, 0.2) is 0 Å². The van der Waals surface area contributed by atoms with Crippen LogP contribution in [0.25, 0.3) is 5.65 Å². The highest BCUT2D eigenvalue weighted by molar-refractivity contribution is 6.30. The minimum Gasteiger partial charge on any atom is -0.354 e. The molecule has 1 aromatic carbocycles. The number of pyridine rings is 1. The Labute approximate surface area is 149 Å². The van der Waals surface area contributed by atoms with Crippen molar-refractivity contribution in [3.63, 3.8) is 0 Å². The van der Waals surface area contributed by atoms with Crippen molar-refractivity contribution in [2.24, 2.45) is 0 Å². The van der Waals surface area contributed by atoms with E-state index in [9.17, 15) is 9.59 Å². The van der Waals surface area contributed by atoms with Crippen LogP contribution < -0.4 is 10.6 Å². The van der Waals surface area contributed by atoms with Gasteiger partial charge in [0, 0.05) is 35.9 Å². The SMILES string of the molecule is O=C(CNC(=O)c1cccc(Cl)c1)NCCc1cn2ccccc2n1. The zero-order chi connectivity index (χ0) is 17.6. The highest BCUT2D eigenvalue weighted by Gasteiger charge is 2.08. The second kappa shape index (κ2) is 7.81. The van der Waals surface area contributed by atoms with Crippen LogP contribution in [-0.2, 0) is 11.2 Å². The van der Waals surface area contributed by atoms with Gasteiger partial charge in [0.25, 0.3) is 5.91 Å². The average Bonchev–Trinajstić information content (AvgIpc) is 3.02. The van der Waals surface area contributed by atoms with Gasteiger partial charge < -0.3 is 15.0 Å². The minimum atomic E-state index is -0.335. The van der Waals surface area contributed by atoms with Crippen molar-refractivity contribution in [3.05, 3.63) is 71.1 Å². The van der Waals surface area contributed by atoms with Crippen LogP contribution in [-0.4, -0.2) is 34.3 Å². The number of imidazole rings is 1. The summed E-state index contributed by atoms with van der Waals surface area (Å²) in [5.74, 6) is -0.586. The number of rotatable bonds is 6. The molecular weight excluding hydrogens is 340 g/mol. The van der Waals surface area contributed by atoms with Crippen LogP contribution in [0.3, 0.4) is 0 Å². The molecule has 3 rings (SSSR count). The number of benzene rings is 1. The minimum absolute atomic E-state index is 0.0868. The number of carbonyl (C=O) groups excluding carboxylic acids is 2. The van der Waals surface area contributed by atoms with E-state index in [4.69, 9.17) is 11.6 Å². The summed E-state index contributed by atoms with van der Waals surface area (Å²) >= 11 is 5.84. The maximum atomic E-state index is 11.9. The quantitative estimate of drug-likeness (QED) is 0.710. The fourth-order valence-electron chi connectivity index (χ4n) is 2.39. The normalized spacial score (nSPS) is 10.6. The first kappa shape index (κ1) is 17.0. The average molecular weight is 357 g/mol. The van der Waals surface area contributed by atoms with Crippen LogP contribution >= 0.6 is 11.6 Å². The van der Waals surface area contributed by atoms with Gasteiger partial charge >= 0.3 is 0 Å². The molecule has 0 aliphatic rings. The number of fused-ring (bicyclic) bond motifs is 1. The van der Waals surface area contributed by atoms with Crippen LogP contribution in [0.1, 0.15) is 16.1 Å². The van der Waals surface area contributed by atoms with Crippen molar-refractivity contribution < 1.29 is 9.59 Å². The van der Waals surface area contributed by atoms with Crippen molar-refractivity contribution in [1.82, 2.24) is 20.0 Å². The van der Waals surface area contributed by atoms with E-state index in [-0.39, 0.29) is 18.4 Å². The molecule has 0 spiro atoms. The van der Waals surface area contributed by atoms with Gasteiger partial charge in [-0.3, -0.25) is 9.59 Å². The molecule has 0 saturated carbocycles. The third-order valence-corrected chi connectivity index (χ3v) is 3.85. The molecule has 0 fully saturated rings. The second-order valence-electron chi connectivity index (χ2n) is 5.49. The molecule has 7 heteroatoms. The number of nitrogens with one attached hydrogen (secondary N) is 2. The summed E-state index contributed by atoms with van der Waals surface area (Å²) in [5.41, 5.74) is 2.19. The third-order valence-electron chi connectivity index (χ3n) is 3.61. The van der Waals surface area contributed by atoms with Crippen molar-refractivity contribution in [2.75, 3.05) is 13.1 Å². The van der Waals surface area contributed by atoms with Gasteiger partial charge in [-0.1, -0.05) is 23.7 Å². The number of hydrogen-bond acceptors (Lipinski definition) is 3. The molecule has 0 aliphatic heterocycles. The zero-order valence-electron chi connectivity index (χ0n) is 13.4. The Bertz CT molecular complexity index is 874. The van der Waals surface area contributed by atoms with Gasteiger partial charge in [0.1, 0.15) is 5.65 Å². The number of nitrogens with zero attached hydrogens (tertiary/aromatic N) is 2. The van der Waals surface area contributed by atoms with E-state index in [1.54, 1.807) is 24.3 Å². The van der Waals surface area contributed by atoms with Crippen LogP contribution in [0.15, 0.2) is 54.9 Å². The summed E-state index contributed by atoms with van der Waals surface area (Å²) in [5, 5.41) is 5.81. The van der Waals surface area contributed by atoms with Crippen molar-refractivity contribution in [2.45, 2.75) is 6.42 Å². The molecule has 0 bridgehead atoms. The van der Waals surface area contributed by atoms with E-state index in [2.05, 4.69) is 15.6 Å². The maximum absolute atomic E-state index is 11.9. The molecular formula is C18H17ClN4O2. The summed E-state index contributed by atoms with van der Waals surface area (Å²) in [4.78, 5) is 28.2. The number of amides is 2.